The van der Waals surface area contributed by atoms with E-state index in [1.807, 2.05) is 0 Å². The minimum Gasteiger partial charge on any atom is -0.316 e. The molecule has 2 nitrogen and oxygen atoms in total. The highest BCUT2D eigenvalue weighted by molar-refractivity contribution is 5.85. The van der Waals surface area contributed by atoms with Gasteiger partial charge < -0.3 is 10.6 Å². The summed E-state index contributed by atoms with van der Waals surface area (Å²) in [5.74, 6) is 0.830. The van der Waals surface area contributed by atoms with Crippen molar-refractivity contribution in [1.82, 2.24) is 10.6 Å². The van der Waals surface area contributed by atoms with Crippen LogP contribution < -0.4 is 10.6 Å². The number of piperidine rings is 1. The summed E-state index contributed by atoms with van der Waals surface area (Å²) < 4.78 is 0. The van der Waals surface area contributed by atoms with Crippen molar-refractivity contribution in [2.45, 2.75) is 19.3 Å². The molecule has 1 aromatic rings. The summed E-state index contributed by atoms with van der Waals surface area (Å²) in [6, 6.07) is 10.5. The second-order valence-electron chi connectivity index (χ2n) is 5.02. The van der Waals surface area contributed by atoms with Gasteiger partial charge in [0.2, 0.25) is 0 Å². The Morgan fingerprint density at radius 2 is 2.11 bits per heavy atom. The molecule has 0 bridgehead atoms. The predicted octanol–water partition coefficient (Wildman–Crippen LogP) is 3.10. The maximum atomic E-state index is 3.55. The molecule has 2 rings (SSSR count). The highest BCUT2D eigenvalue weighted by Crippen LogP contribution is 2.08. The number of rotatable bonds is 6. The summed E-state index contributed by atoms with van der Waals surface area (Å²) in [5.41, 5.74) is 1.29. The molecule has 2 N–H and O–H groups in total. The summed E-state index contributed by atoms with van der Waals surface area (Å²) >= 11 is 0. The zero-order valence-corrected chi connectivity index (χ0v) is 12.3. The minimum atomic E-state index is 0. The summed E-state index contributed by atoms with van der Waals surface area (Å²) in [6.45, 7) is 4.63. The van der Waals surface area contributed by atoms with Crippen molar-refractivity contribution in [3.05, 3.63) is 42.0 Å². The van der Waals surface area contributed by atoms with Crippen molar-refractivity contribution < 1.29 is 0 Å². The van der Waals surface area contributed by atoms with Crippen molar-refractivity contribution in [2.24, 2.45) is 5.92 Å². The van der Waals surface area contributed by atoms with Gasteiger partial charge in [-0.25, -0.2) is 0 Å². The zero-order chi connectivity index (χ0) is 12.5. The average molecular weight is 281 g/mol. The molecule has 19 heavy (non-hydrogen) atoms. The maximum absolute atomic E-state index is 3.55. The number of benzene rings is 1. The molecule has 1 heterocycles. The average Bonchev–Trinajstić information content (AvgIpc) is 2.45. The topological polar surface area (TPSA) is 24.1 Å². The first-order valence-corrected chi connectivity index (χ1v) is 7.08. The van der Waals surface area contributed by atoms with Gasteiger partial charge in [0.15, 0.2) is 0 Å². The number of hydrogen-bond donors (Lipinski definition) is 2. The molecule has 1 saturated heterocycles. The van der Waals surface area contributed by atoms with Crippen LogP contribution in [-0.2, 0) is 0 Å². The van der Waals surface area contributed by atoms with Gasteiger partial charge in [0.05, 0.1) is 0 Å². The highest BCUT2D eigenvalue weighted by atomic mass is 35.5. The van der Waals surface area contributed by atoms with Crippen molar-refractivity contribution in [1.29, 1.82) is 0 Å². The summed E-state index contributed by atoms with van der Waals surface area (Å²) in [6.07, 6.45) is 8.26. The van der Waals surface area contributed by atoms with Crippen molar-refractivity contribution in [3.8, 4) is 0 Å². The fraction of sp³-hybridized carbons (Fsp3) is 0.500. The maximum Gasteiger partial charge on any atom is -0.000825 e. The molecule has 0 aromatic heterocycles. The summed E-state index contributed by atoms with van der Waals surface area (Å²) in [5, 5.41) is 7.00. The van der Waals surface area contributed by atoms with Crippen LogP contribution in [0.5, 0.6) is 0 Å². The molecule has 0 aliphatic carbocycles. The lowest BCUT2D eigenvalue weighted by Gasteiger charge is -2.22. The smallest absolute Gasteiger partial charge is 0.000825 e. The molecule has 106 valence electrons. The Morgan fingerprint density at radius 3 is 2.84 bits per heavy atom. The van der Waals surface area contributed by atoms with Gasteiger partial charge in [0.1, 0.15) is 0 Å². The lowest BCUT2D eigenvalue weighted by atomic mass is 10.00. The van der Waals surface area contributed by atoms with Crippen molar-refractivity contribution in [3.63, 3.8) is 0 Å². The molecule has 1 aliphatic rings. The fourth-order valence-corrected chi connectivity index (χ4v) is 2.37. The van der Waals surface area contributed by atoms with E-state index in [4.69, 9.17) is 0 Å². The molecule has 1 aliphatic heterocycles. The standard InChI is InChI=1S/C16H24N2.ClH/c1-2-7-15(8-3-1)9-4-5-11-17-13-16-10-6-12-18-14-16;/h1-4,7-9,16-18H,5-6,10-14H2;1H/b9-4+;. The van der Waals surface area contributed by atoms with E-state index < -0.39 is 0 Å². The Bertz CT molecular complexity index is 345. The SMILES string of the molecule is C(=C\c1ccccc1)/CCNCC1CCCNC1.Cl. The van der Waals surface area contributed by atoms with E-state index >= 15 is 0 Å². The molecule has 3 heteroatoms. The molecule has 0 amide bonds. The third-order valence-electron chi connectivity index (χ3n) is 3.43. The minimum absolute atomic E-state index is 0. The monoisotopic (exact) mass is 280 g/mol. The van der Waals surface area contributed by atoms with Crippen LogP contribution in [0.15, 0.2) is 36.4 Å². The second-order valence-corrected chi connectivity index (χ2v) is 5.02. The van der Waals surface area contributed by atoms with Gasteiger partial charge >= 0.3 is 0 Å². The summed E-state index contributed by atoms with van der Waals surface area (Å²) in [4.78, 5) is 0. The fourth-order valence-electron chi connectivity index (χ4n) is 2.37. The molecule has 1 fully saturated rings. The van der Waals surface area contributed by atoms with Crippen molar-refractivity contribution >= 4 is 18.5 Å². The van der Waals surface area contributed by atoms with Gasteiger partial charge in [-0.1, -0.05) is 42.5 Å². The van der Waals surface area contributed by atoms with Crippen LogP contribution in [0.4, 0.5) is 0 Å². The molecular formula is C16H25ClN2. The molecule has 1 atom stereocenters. The van der Waals surface area contributed by atoms with Gasteiger partial charge in [0, 0.05) is 0 Å². The quantitative estimate of drug-likeness (QED) is 0.783. The predicted molar refractivity (Wildman–Crippen MR) is 85.8 cm³/mol. The Balaban J connectivity index is 0.00000180. The first-order chi connectivity index (χ1) is 8.95. The first-order valence-electron chi connectivity index (χ1n) is 7.08. The molecule has 1 aromatic carbocycles. The van der Waals surface area contributed by atoms with Gasteiger partial charge in [-0.05, 0) is 56.9 Å². The largest absolute Gasteiger partial charge is 0.316 e. The van der Waals surface area contributed by atoms with Crippen LogP contribution in [0.2, 0.25) is 0 Å². The van der Waals surface area contributed by atoms with Crippen LogP contribution >= 0.6 is 12.4 Å². The Kier molecular flexibility index (Phi) is 8.55. The van der Waals surface area contributed by atoms with Gasteiger partial charge in [-0.3, -0.25) is 0 Å². The third-order valence-corrected chi connectivity index (χ3v) is 3.43. The van der Waals surface area contributed by atoms with E-state index in [0.717, 1.165) is 25.4 Å². The molecule has 1 unspecified atom stereocenters. The van der Waals surface area contributed by atoms with E-state index in [1.165, 1.54) is 31.5 Å². The van der Waals surface area contributed by atoms with E-state index in [0.29, 0.717) is 0 Å². The Hall–Kier alpha value is -0.830. The van der Waals surface area contributed by atoms with E-state index in [1.54, 1.807) is 0 Å². The molecule has 0 saturated carbocycles. The molecular weight excluding hydrogens is 256 g/mol. The number of halogens is 1. The van der Waals surface area contributed by atoms with Gasteiger partial charge in [0.25, 0.3) is 0 Å². The lowest BCUT2D eigenvalue weighted by molar-refractivity contribution is 0.361. The third kappa shape index (κ3) is 6.76. The molecule has 0 radical (unpaired) electrons. The lowest BCUT2D eigenvalue weighted by Crippen LogP contribution is -2.36. The Labute approximate surface area is 123 Å². The van der Waals surface area contributed by atoms with E-state index in [-0.39, 0.29) is 12.4 Å². The number of nitrogens with one attached hydrogen (secondary N) is 2. The zero-order valence-electron chi connectivity index (χ0n) is 11.5. The van der Waals surface area contributed by atoms with Crippen LogP contribution in [0, 0.1) is 5.92 Å². The Morgan fingerprint density at radius 1 is 1.26 bits per heavy atom. The van der Waals surface area contributed by atoms with Crippen LogP contribution in [0.3, 0.4) is 0 Å². The highest BCUT2D eigenvalue weighted by Gasteiger charge is 2.11. The van der Waals surface area contributed by atoms with E-state index in [9.17, 15) is 0 Å². The van der Waals surface area contributed by atoms with Gasteiger partial charge in [-0.15, -0.1) is 12.4 Å². The molecule has 0 spiro atoms. The van der Waals surface area contributed by atoms with Crippen LogP contribution in [-0.4, -0.2) is 26.2 Å². The normalized spacial score (nSPS) is 19.3. The van der Waals surface area contributed by atoms with Crippen LogP contribution in [0.1, 0.15) is 24.8 Å². The van der Waals surface area contributed by atoms with Crippen molar-refractivity contribution in [2.75, 3.05) is 26.2 Å². The second kappa shape index (κ2) is 10.0. The van der Waals surface area contributed by atoms with Gasteiger partial charge in [-0.2, -0.15) is 0 Å². The number of hydrogen-bond acceptors (Lipinski definition) is 2. The van der Waals surface area contributed by atoms with Crippen LogP contribution in [0.25, 0.3) is 6.08 Å². The van der Waals surface area contributed by atoms with E-state index in [2.05, 4.69) is 53.1 Å². The summed E-state index contributed by atoms with van der Waals surface area (Å²) in [7, 11) is 0. The first kappa shape index (κ1) is 16.2.